The van der Waals surface area contributed by atoms with E-state index in [9.17, 15) is 4.79 Å². The van der Waals surface area contributed by atoms with Crippen LogP contribution >= 0.6 is 0 Å². The average Bonchev–Trinajstić information content (AvgIpc) is 2.15. The molecule has 0 atom stereocenters. The molecular formula is C10H12N2O2. The van der Waals surface area contributed by atoms with E-state index in [1.807, 2.05) is 0 Å². The number of hydrogen-bond acceptors (Lipinski definition) is 4. The summed E-state index contributed by atoms with van der Waals surface area (Å²) in [6, 6.07) is 0. The van der Waals surface area contributed by atoms with E-state index >= 15 is 0 Å². The second kappa shape index (κ2) is 3.74. The van der Waals surface area contributed by atoms with Gasteiger partial charge in [-0.3, -0.25) is 4.79 Å². The van der Waals surface area contributed by atoms with Crippen LogP contribution in [0.3, 0.4) is 0 Å². The number of nitrogens with zero attached hydrogens (tertiary/aromatic N) is 2. The number of aromatic nitrogens is 2. The lowest BCUT2D eigenvalue weighted by Crippen LogP contribution is -2.23. The lowest BCUT2D eigenvalue weighted by atomic mass is 9.82. The fraction of sp³-hybridized carbons (Fsp3) is 0.500. The van der Waals surface area contributed by atoms with Gasteiger partial charge in [-0.2, -0.15) is 0 Å². The zero-order valence-corrected chi connectivity index (χ0v) is 8.06. The summed E-state index contributed by atoms with van der Waals surface area (Å²) in [6.07, 6.45) is 6.16. The number of rotatable bonds is 3. The molecule has 0 bridgehead atoms. The first-order valence-electron chi connectivity index (χ1n) is 4.71. The maximum absolute atomic E-state index is 11.7. The molecular weight excluding hydrogens is 180 g/mol. The third kappa shape index (κ3) is 1.60. The van der Waals surface area contributed by atoms with E-state index in [-0.39, 0.29) is 11.7 Å². The van der Waals surface area contributed by atoms with Gasteiger partial charge in [-0.25, -0.2) is 9.97 Å². The first-order valence-corrected chi connectivity index (χ1v) is 4.71. The number of methoxy groups -OCH3 is 1. The molecule has 1 aromatic heterocycles. The number of ether oxygens (including phenoxy) is 1. The Hall–Kier alpha value is -1.45. The molecule has 74 valence electrons. The Morgan fingerprint density at radius 2 is 2.07 bits per heavy atom. The molecule has 1 fully saturated rings. The highest BCUT2D eigenvalue weighted by molar-refractivity contribution is 5.94. The van der Waals surface area contributed by atoms with Crippen LogP contribution in [-0.2, 0) is 0 Å². The third-order valence-electron chi connectivity index (χ3n) is 2.56. The number of Topliss-reactive ketones (excluding diaryl/α,β-unsaturated/α-hetero) is 1. The Kier molecular flexibility index (Phi) is 2.43. The molecule has 0 spiro atoms. The van der Waals surface area contributed by atoms with E-state index in [0.717, 1.165) is 19.3 Å². The highest BCUT2D eigenvalue weighted by Gasteiger charge is 2.27. The van der Waals surface area contributed by atoms with Gasteiger partial charge in [0.1, 0.15) is 0 Å². The smallest absolute Gasteiger partial charge is 0.203 e. The summed E-state index contributed by atoms with van der Waals surface area (Å²) in [5.74, 6) is 1.12. The molecule has 0 amide bonds. The van der Waals surface area contributed by atoms with Crippen molar-refractivity contribution in [2.45, 2.75) is 19.3 Å². The van der Waals surface area contributed by atoms with E-state index in [2.05, 4.69) is 9.97 Å². The van der Waals surface area contributed by atoms with Crippen molar-refractivity contribution in [1.29, 1.82) is 0 Å². The van der Waals surface area contributed by atoms with Crippen molar-refractivity contribution in [2.75, 3.05) is 7.11 Å². The summed E-state index contributed by atoms with van der Waals surface area (Å²) in [4.78, 5) is 19.6. The molecule has 0 radical (unpaired) electrons. The van der Waals surface area contributed by atoms with Gasteiger partial charge >= 0.3 is 0 Å². The quantitative estimate of drug-likeness (QED) is 0.680. The van der Waals surface area contributed by atoms with Gasteiger partial charge in [-0.15, -0.1) is 0 Å². The van der Waals surface area contributed by atoms with Crippen LogP contribution in [0.4, 0.5) is 0 Å². The molecule has 14 heavy (non-hydrogen) atoms. The largest absolute Gasteiger partial charge is 0.494 e. The Bertz CT molecular complexity index is 330. The maximum Gasteiger partial charge on any atom is 0.203 e. The van der Waals surface area contributed by atoms with Gasteiger partial charge in [0.15, 0.2) is 11.6 Å². The molecule has 4 nitrogen and oxygen atoms in total. The van der Waals surface area contributed by atoms with Crippen LogP contribution in [0, 0.1) is 5.92 Å². The van der Waals surface area contributed by atoms with Crippen molar-refractivity contribution >= 4 is 5.78 Å². The predicted molar refractivity (Wildman–Crippen MR) is 50.3 cm³/mol. The summed E-state index contributed by atoms with van der Waals surface area (Å²) < 4.78 is 4.91. The van der Waals surface area contributed by atoms with Crippen LogP contribution in [0.25, 0.3) is 0 Å². The topological polar surface area (TPSA) is 52.1 Å². The lowest BCUT2D eigenvalue weighted by molar-refractivity contribution is 0.0844. The molecule has 4 heteroatoms. The zero-order chi connectivity index (χ0) is 9.97. The lowest BCUT2D eigenvalue weighted by Gasteiger charge is -2.22. The summed E-state index contributed by atoms with van der Waals surface area (Å²) >= 11 is 0. The minimum Gasteiger partial charge on any atom is -0.494 e. The standard InChI is InChI=1S/C10H12N2O2/c1-14-8-5-11-10(12-6-8)9(13)7-3-2-4-7/h5-7H,2-4H2,1H3. The fourth-order valence-corrected chi connectivity index (χ4v) is 1.40. The highest BCUT2D eigenvalue weighted by Crippen LogP contribution is 2.28. The minimum absolute atomic E-state index is 0.0684. The van der Waals surface area contributed by atoms with Crippen LogP contribution in [0.2, 0.25) is 0 Å². The molecule has 1 saturated carbocycles. The van der Waals surface area contributed by atoms with Crippen LogP contribution in [-0.4, -0.2) is 22.9 Å². The summed E-state index contributed by atoms with van der Waals surface area (Å²) in [5.41, 5.74) is 0. The van der Waals surface area contributed by atoms with Gasteiger partial charge in [-0.05, 0) is 12.8 Å². The van der Waals surface area contributed by atoms with Gasteiger partial charge in [0.05, 0.1) is 19.5 Å². The molecule has 2 rings (SSSR count). The van der Waals surface area contributed by atoms with Crippen LogP contribution in [0.15, 0.2) is 12.4 Å². The average molecular weight is 192 g/mol. The van der Waals surface area contributed by atoms with Crippen molar-refractivity contribution < 1.29 is 9.53 Å². The van der Waals surface area contributed by atoms with Crippen molar-refractivity contribution in [1.82, 2.24) is 9.97 Å². The number of hydrogen-bond donors (Lipinski definition) is 0. The van der Waals surface area contributed by atoms with Gasteiger partial charge in [-0.1, -0.05) is 6.42 Å². The predicted octanol–water partition coefficient (Wildman–Crippen LogP) is 1.47. The zero-order valence-electron chi connectivity index (χ0n) is 8.06. The van der Waals surface area contributed by atoms with Crippen LogP contribution in [0.1, 0.15) is 29.9 Å². The summed E-state index contributed by atoms with van der Waals surface area (Å²) in [6.45, 7) is 0. The van der Waals surface area contributed by atoms with Crippen molar-refractivity contribution in [3.05, 3.63) is 18.2 Å². The molecule has 0 N–H and O–H groups in total. The van der Waals surface area contributed by atoms with Crippen molar-refractivity contribution in [3.63, 3.8) is 0 Å². The summed E-state index contributed by atoms with van der Waals surface area (Å²) in [7, 11) is 1.55. The Morgan fingerprint density at radius 1 is 1.43 bits per heavy atom. The van der Waals surface area contributed by atoms with Gasteiger partial charge in [0.25, 0.3) is 0 Å². The number of ketones is 1. The monoisotopic (exact) mass is 192 g/mol. The summed E-state index contributed by atoms with van der Waals surface area (Å²) in [5, 5.41) is 0. The van der Waals surface area contributed by atoms with Crippen LogP contribution < -0.4 is 4.74 Å². The molecule has 0 aromatic carbocycles. The highest BCUT2D eigenvalue weighted by atomic mass is 16.5. The second-order valence-corrected chi connectivity index (χ2v) is 3.44. The van der Waals surface area contributed by atoms with Gasteiger partial charge in [0.2, 0.25) is 5.78 Å². The first kappa shape index (κ1) is 9.12. The molecule has 0 unspecified atom stereocenters. The SMILES string of the molecule is COc1cnc(C(=O)C2CCC2)nc1. The Labute approximate surface area is 82.3 Å². The van der Waals surface area contributed by atoms with E-state index < -0.39 is 0 Å². The van der Waals surface area contributed by atoms with E-state index in [1.165, 1.54) is 12.4 Å². The molecule has 1 aliphatic carbocycles. The molecule has 0 aliphatic heterocycles. The Balaban J connectivity index is 2.11. The van der Waals surface area contributed by atoms with E-state index in [4.69, 9.17) is 4.74 Å². The molecule has 1 heterocycles. The molecule has 1 aromatic rings. The maximum atomic E-state index is 11.7. The first-order chi connectivity index (χ1) is 6.81. The fourth-order valence-electron chi connectivity index (χ4n) is 1.40. The Morgan fingerprint density at radius 3 is 2.50 bits per heavy atom. The number of carbonyl (C=O) groups excluding carboxylic acids is 1. The van der Waals surface area contributed by atoms with Crippen LogP contribution in [0.5, 0.6) is 5.75 Å². The normalized spacial score (nSPS) is 16.1. The second-order valence-electron chi connectivity index (χ2n) is 3.44. The number of carbonyl (C=O) groups is 1. The van der Waals surface area contributed by atoms with Crippen molar-refractivity contribution in [2.24, 2.45) is 5.92 Å². The van der Waals surface area contributed by atoms with Crippen molar-refractivity contribution in [3.8, 4) is 5.75 Å². The van der Waals surface area contributed by atoms with Gasteiger partial charge < -0.3 is 4.74 Å². The molecule has 1 aliphatic rings. The van der Waals surface area contributed by atoms with E-state index in [1.54, 1.807) is 7.11 Å². The minimum atomic E-state index is 0.0684. The van der Waals surface area contributed by atoms with Gasteiger partial charge in [0, 0.05) is 5.92 Å². The van der Waals surface area contributed by atoms with E-state index in [0.29, 0.717) is 11.6 Å². The molecule has 0 saturated heterocycles. The third-order valence-corrected chi connectivity index (χ3v) is 2.56.